The number of hydrogen-bond donors (Lipinski definition) is 2. The summed E-state index contributed by atoms with van der Waals surface area (Å²) in [6.07, 6.45) is 10.3. The average Bonchev–Trinajstić information content (AvgIpc) is 2.49. The summed E-state index contributed by atoms with van der Waals surface area (Å²) in [5.74, 6) is -1.06. The lowest BCUT2D eigenvalue weighted by Gasteiger charge is -2.27. The third-order valence-electron chi connectivity index (χ3n) is 4.42. The van der Waals surface area contributed by atoms with E-state index in [2.05, 4.69) is 19.1 Å². The van der Waals surface area contributed by atoms with E-state index in [1.165, 1.54) is 11.1 Å². The molecule has 0 spiro atoms. The van der Waals surface area contributed by atoms with Gasteiger partial charge in [0.2, 0.25) is 5.91 Å². The zero-order valence-electron chi connectivity index (χ0n) is 12.9. The molecule has 2 aliphatic carbocycles. The fraction of sp³-hybridized carbons (Fsp3) is 0.333. The first-order valence-electron chi connectivity index (χ1n) is 7.59. The summed E-state index contributed by atoms with van der Waals surface area (Å²) in [5.41, 5.74) is 9.44. The van der Waals surface area contributed by atoms with Crippen molar-refractivity contribution in [2.24, 2.45) is 11.7 Å². The molecular formula is C18H19NO4. The maximum atomic E-state index is 11.5. The van der Waals surface area contributed by atoms with Crippen LogP contribution in [0.5, 0.6) is 0 Å². The zero-order chi connectivity index (χ0) is 16.6. The molecule has 0 saturated heterocycles. The fourth-order valence-electron chi connectivity index (χ4n) is 3.25. The van der Waals surface area contributed by atoms with Crippen molar-refractivity contribution in [1.29, 1.82) is 0 Å². The summed E-state index contributed by atoms with van der Waals surface area (Å²) in [5, 5.41) is 9.97. The number of aliphatic hydroxyl groups excluding tert-OH is 1. The van der Waals surface area contributed by atoms with Crippen LogP contribution in [-0.4, -0.2) is 29.7 Å². The molecule has 3 N–H and O–H groups in total. The van der Waals surface area contributed by atoms with Crippen LogP contribution in [0.3, 0.4) is 0 Å². The number of fused-ring (bicyclic) bond motifs is 2. The summed E-state index contributed by atoms with van der Waals surface area (Å²) in [6.45, 7) is 1.92. The predicted octanol–water partition coefficient (Wildman–Crippen LogP) is 1.46. The van der Waals surface area contributed by atoms with Crippen LogP contribution >= 0.6 is 0 Å². The third kappa shape index (κ3) is 3.05. The average molecular weight is 313 g/mol. The van der Waals surface area contributed by atoms with Crippen LogP contribution in [0.1, 0.15) is 19.8 Å². The minimum absolute atomic E-state index is 0.140. The van der Waals surface area contributed by atoms with Gasteiger partial charge in [-0.3, -0.25) is 4.79 Å². The number of amides is 1. The van der Waals surface area contributed by atoms with Gasteiger partial charge >= 0.3 is 5.97 Å². The van der Waals surface area contributed by atoms with E-state index >= 15 is 0 Å². The van der Waals surface area contributed by atoms with Gasteiger partial charge in [-0.1, -0.05) is 36.0 Å². The van der Waals surface area contributed by atoms with Crippen LogP contribution in [0.25, 0.3) is 0 Å². The molecule has 0 radical (unpaired) electrons. The maximum absolute atomic E-state index is 11.5. The Hall–Kier alpha value is -2.40. The first kappa shape index (κ1) is 15.5. The molecule has 0 fully saturated rings. The van der Waals surface area contributed by atoms with E-state index in [0.29, 0.717) is 5.92 Å². The highest BCUT2D eigenvalue weighted by Crippen LogP contribution is 2.36. The van der Waals surface area contributed by atoms with Gasteiger partial charge in [0.15, 0.2) is 6.10 Å². The highest BCUT2D eigenvalue weighted by atomic mass is 16.5. The van der Waals surface area contributed by atoms with Crippen LogP contribution < -0.4 is 5.73 Å². The highest BCUT2D eigenvalue weighted by Gasteiger charge is 2.31. The molecule has 23 heavy (non-hydrogen) atoms. The van der Waals surface area contributed by atoms with Gasteiger partial charge in [-0.05, 0) is 36.8 Å². The van der Waals surface area contributed by atoms with Crippen LogP contribution in [-0.2, 0) is 14.3 Å². The number of primary amides is 1. The van der Waals surface area contributed by atoms with E-state index in [9.17, 15) is 14.7 Å². The quantitative estimate of drug-likeness (QED) is 0.772. The van der Waals surface area contributed by atoms with Crippen molar-refractivity contribution in [1.82, 2.24) is 0 Å². The number of esters is 1. The molecule has 0 aromatic carbocycles. The van der Waals surface area contributed by atoms with Crippen LogP contribution in [0.15, 0.2) is 58.2 Å². The number of hydrogen-bond acceptors (Lipinski definition) is 4. The van der Waals surface area contributed by atoms with E-state index in [0.717, 1.165) is 18.4 Å². The summed E-state index contributed by atoms with van der Waals surface area (Å²) in [4.78, 5) is 23.0. The first-order valence-corrected chi connectivity index (χ1v) is 7.59. The number of aliphatic hydroxyl groups is 1. The van der Waals surface area contributed by atoms with Crippen LogP contribution in [0, 0.1) is 5.92 Å². The van der Waals surface area contributed by atoms with Crippen molar-refractivity contribution in [2.45, 2.75) is 25.9 Å². The molecule has 0 aromatic rings. The second-order valence-corrected chi connectivity index (χ2v) is 6.15. The Morgan fingerprint density at radius 1 is 1.35 bits per heavy atom. The number of cyclic esters (lactones) is 1. The Morgan fingerprint density at radius 2 is 2.13 bits per heavy atom. The lowest BCUT2D eigenvalue weighted by Crippen LogP contribution is -2.35. The van der Waals surface area contributed by atoms with E-state index < -0.39 is 18.0 Å². The van der Waals surface area contributed by atoms with Crippen molar-refractivity contribution in [3.8, 4) is 0 Å². The van der Waals surface area contributed by atoms with Gasteiger partial charge in [0.1, 0.15) is 6.61 Å². The fourth-order valence-corrected chi connectivity index (χ4v) is 3.25. The zero-order valence-corrected chi connectivity index (χ0v) is 12.9. The summed E-state index contributed by atoms with van der Waals surface area (Å²) < 4.78 is 4.75. The van der Waals surface area contributed by atoms with Crippen molar-refractivity contribution in [2.75, 3.05) is 6.61 Å². The second kappa shape index (κ2) is 6.01. The molecule has 1 heterocycles. The summed E-state index contributed by atoms with van der Waals surface area (Å²) in [6, 6.07) is 0. The van der Waals surface area contributed by atoms with E-state index in [1.807, 2.05) is 12.2 Å². The Bertz CT molecular complexity index is 721. The van der Waals surface area contributed by atoms with Gasteiger partial charge in [0.25, 0.3) is 0 Å². The van der Waals surface area contributed by atoms with Gasteiger partial charge in [-0.15, -0.1) is 0 Å². The molecule has 1 aliphatic heterocycles. The molecule has 120 valence electrons. The van der Waals surface area contributed by atoms with Gasteiger partial charge in [0, 0.05) is 5.57 Å². The van der Waals surface area contributed by atoms with Gasteiger partial charge in [-0.2, -0.15) is 0 Å². The molecule has 3 aliphatic rings. The lowest BCUT2D eigenvalue weighted by molar-refractivity contribution is -0.152. The normalized spacial score (nSPS) is 27.4. The SMILES string of the molecule is CC1=CC2=CC=C(/C=C/C3=C(C(N)=O)COC(=O)C3O)[C@H](C1)C2. The van der Waals surface area contributed by atoms with Gasteiger partial charge < -0.3 is 15.6 Å². The Kier molecular flexibility index (Phi) is 4.05. The molecule has 1 unspecified atom stereocenters. The second-order valence-electron chi connectivity index (χ2n) is 6.15. The number of carbonyl (C=O) groups is 2. The molecule has 5 heteroatoms. The van der Waals surface area contributed by atoms with Crippen molar-refractivity contribution >= 4 is 11.9 Å². The molecule has 0 aromatic heterocycles. The topological polar surface area (TPSA) is 89.6 Å². The number of allylic oxidation sites excluding steroid dienone is 7. The van der Waals surface area contributed by atoms with Crippen molar-refractivity contribution < 1.29 is 19.4 Å². The van der Waals surface area contributed by atoms with Crippen molar-refractivity contribution in [3.05, 3.63) is 58.2 Å². The van der Waals surface area contributed by atoms with E-state index in [-0.39, 0.29) is 17.8 Å². The number of nitrogens with two attached hydrogens (primary N) is 1. The highest BCUT2D eigenvalue weighted by molar-refractivity contribution is 5.97. The number of rotatable bonds is 3. The standard InChI is InChI=1S/C18H19NO4/c1-10-6-11-2-3-12(13(7-10)8-11)4-5-14-15(17(19)21)9-23-18(22)16(14)20/h2-6,13,16,20H,7-9H2,1H3,(H2,19,21)/b5-4+/t13-,16?/m1/s1. The monoisotopic (exact) mass is 313 g/mol. The molecule has 0 saturated carbocycles. The van der Waals surface area contributed by atoms with Crippen molar-refractivity contribution in [3.63, 3.8) is 0 Å². The Labute approximate surface area is 134 Å². The van der Waals surface area contributed by atoms with Gasteiger partial charge in [-0.25, -0.2) is 4.79 Å². The molecule has 1 amide bonds. The molecule has 5 nitrogen and oxygen atoms in total. The minimum Gasteiger partial charge on any atom is -0.458 e. The maximum Gasteiger partial charge on any atom is 0.340 e. The number of ether oxygens (including phenoxy) is 1. The van der Waals surface area contributed by atoms with E-state index in [1.54, 1.807) is 6.08 Å². The number of carbonyl (C=O) groups excluding carboxylic acids is 2. The smallest absolute Gasteiger partial charge is 0.340 e. The van der Waals surface area contributed by atoms with Crippen LogP contribution in [0.2, 0.25) is 0 Å². The largest absolute Gasteiger partial charge is 0.458 e. The first-order chi connectivity index (χ1) is 11.0. The Morgan fingerprint density at radius 3 is 2.87 bits per heavy atom. The lowest BCUT2D eigenvalue weighted by atomic mass is 9.78. The summed E-state index contributed by atoms with van der Waals surface area (Å²) in [7, 11) is 0. The summed E-state index contributed by atoms with van der Waals surface area (Å²) >= 11 is 0. The van der Waals surface area contributed by atoms with Gasteiger partial charge in [0.05, 0.1) is 5.57 Å². The molecular weight excluding hydrogens is 294 g/mol. The predicted molar refractivity (Wildman–Crippen MR) is 85.0 cm³/mol. The molecule has 2 atom stereocenters. The minimum atomic E-state index is -1.47. The molecule has 3 rings (SSSR count). The Balaban J connectivity index is 1.90. The third-order valence-corrected chi connectivity index (χ3v) is 4.42. The van der Waals surface area contributed by atoms with Crippen LogP contribution in [0.4, 0.5) is 0 Å². The molecule has 2 bridgehead atoms. The van der Waals surface area contributed by atoms with E-state index in [4.69, 9.17) is 10.5 Å².